The zero-order chi connectivity index (χ0) is 10.6. The predicted octanol–water partition coefficient (Wildman–Crippen LogP) is 1.50. The van der Waals surface area contributed by atoms with Crippen molar-refractivity contribution in [1.82, 2.24) is 0 Å². The number of rotatable bonds is 4. The predicted molar refractivity (Wildman–Crippen MR) is 46.8 cm³/mol. The molecule has 0 N–H and O–H groups in total. The molecule has 0 fully saturated rings. The van der Waals surface area contributed by atoms with Crippen molar-refractivity contribution in [2.45, 2.75) is 0 Å². The van der Waals surface area contributed by atoms with Crippen LogP contribution in [-0.2, 0) is 10.2 Å². The van der Waals surface area contributed by atoms with Gasteiger partial charge in [0.2, 0.25) is 0 Å². The van der Waals surface area contributed by atoms with Gasteiger partial charge in [-0.05, 0) is 12.1 Å². The molecule has 0 aliphatic carbocycles. The van der Waals surface area contributed by atoms with Crippen molar-refractivity contribution in [3.63, 3.8) is 0 Å². The van der Waals surface area contributed by atoms with E-state index in [-0.39, 0.29) is 5.75 Å². The molecule has 0 aliphatic heterocycles. The van der Waals surface area contributed by atoms with Gasteiger partial charge in [0.05, 0.1) is 0 Å². The summed E-state index contributed by atoms with van der Waals surface area (Å²) in [5.74, 6) is -1.47. The Morgan fingerprint density at radius 3 is 2.50 bits per heavy atom. The van der Waals surface area contributed by atoms with Gasteiger partial charge in [-0.15, -0.1) is 3.89 Å². The Hall–Kier alpha value is -1.17. The smallest absolute Gasteiger partial charge is 0.305 e. The Bertz CT molecular complexity index is 403. The van der Waals surface area contributed by atoms with Gasteiger partial charge in [-0.3, -0.25) is 0 Å². The van der Waals surface area contributed by atoms with Crippen molar-refractivity contribution in [1.29, 1.82) is 0 Å². The zero-order valence-electron chi connectivity index (χ0n) is 7.11. The van der Waals surface area contributed by atoms with E-state index in [1.54, 1.807) is 0 Å². The number of halogens is 2. The lowest BCUT2D eigenvalue weighted by molar-refractivity contribution is 0.320. The molecule has 0 saturated heterocycles. The largest absolute Gasteiger partial charge is 0.489 e. The summed E-state index contributed by atoms with van der Waals surface area (Å²) >= 11 is 0. The van der Waals surface area contributed by atoms with Crippen molar-refractivity contribution in [2.24, 2.45) is 0 Å². The van der Waals surface area contributed by atoms with E-state index in [4.69, 9.17) is 4.74 Å². The van der Waals surface area contributed by atoms with E-state index < -0.39 is 28.4 Å². The lowest BCUT2D eigenvalue weighted by atomic mass is 10.3. The van der Waals surface area contributed by atoms with Crippen molar-refractivity contribution in [3.8, 4) is 5.75 Å². The van der Waals surface area contributed by atoms with Crippen LogP contribution in [0.4, 0.5) is 8.28 Å². The van der Waals surface area contributed by atoms with Gasteiger partial charge in [0.25, 0.3) is 0 Å². The first-order chi connectivity index (χ1) is 6.49. The van der Waals surface area contributed by atoms with E-state index >= 15 is 0 Å². The van der Waals surface area contributed by atoms with Gasteiger partial charge in [0, 0.05) is 0 Å². The first kappa shape index (κ1) is 10.9. The zero-order valence-corrected chi connectivity index (χ0v) is 7.93. The molecule has 0 bridgehead atoms. The SMILES string of the molecule is O=S(=O)(F)CCOc1ccccc1F. The number of ether oxygens (including phenoxy) is 1. The Kier molecular flexibility index (Phi) is 3.40. The number of benzene rings is 1. The van der Waals surface area contributed by atoms with Crippen molar-refractivity contribution in [3.05, 3.63) is 30.1 Å². The van der Waals surface area contributed by atoms with Gasteiger partial charge >= 0.3 is 10.2 Å². The average Bonchev–Trinajstić information content (AvgIpc) is 2.06. The topological polar surface area (TPSA) is 43.4 Å². The third-order valence-electron chi connectivity index (χ3n) is 1.42. The molecule has 78 valence electrons. The second kappa shape index (κ2) is 4.36. The van der Waals surface area contributed by atoms with E-state index in [1.807, 2.05) is 0 Å². The number of hydrogen-bond acceptors (Lipinski definition) is 3. The van der Waals surface area contributed by atoms with Gasteiger partial charge in [0.15, 0.2) is 11.6 Å². The molecule has 3 nitrogen and oxygen atoms in total. The maximum absolute atomic E-state index is 12.8. The highest BCUT2D eigenvalue weighted by molar-refractivity contribution is 7.86. The van der Waals surface area contributed by atoms with Crippen LogP contribution in [-0.4, -0.2) is 20.8 Å². The van der Waals surface area contributed by atoms with Crippen molar-refractivity contribution < 1.29 is 21.4 Å². The highest BCUT2D eigenvalue weighted by Crippen LogP contribution is 2.15. The van der Waals surface area contributed by atoms with Gasteiger partial charge < -0.3 is 4.74 Å². The van der Waals surface area contributed by atoms with Crippen LogP contribution in [0, 0.1) is 5.82 Å². The molecule has 0 unspecified atom stereocenters. The van der Waals surface area contributed by atoms with Gasteiger partial charge in [-0.2, -0.15) is 8.42 Å². The first-order valence-corrected chi connectivity index (χ1v) is 5.34. The van der Waals surface area contributed by atoms with Crippen LogP contribution < -0.4 is 4.74 Å². The molecule has 0 spiro atoms. The summed E-state index contributed by atoms with van der Waals surface area (Å²) < 4.78 is 49.7. The molecule has 1 aromatic rings. The lowest BCUT2D eigenvalue weighted by Gasteiger charge is -2.04. The van der Waals surface area contributed by atoms with Crippen LogP contribution >= 0.6 is 0 Å². The lowest BCUT2D eigenvalue weighted by Crippen LogP contribution is -2.10. The average molecular weight is 222 g/mol. The van der Waals surface area contributed by atoms with E-state index in [0.29, 0.717) is 0 Å². The Morgan fingerprint density at radius 2 is 1.93 bits per heavy atom. The maximum Gasteiger partial charge on any atom is 0.305 e. The molecule has 0 aromatic heterocycles. The van der Waals surface area contributed by atoms with E-state index in [1.165, 1.54) is 24.3 Å². The summed E-state index contributed by atoms with van der Waals surface area (Å²) in [6.45, 7) is -0.403. The molecule has 0 aliphatic rings. The highest BCUT2D eigenvalue weighted by atomic mass is 32.3. The quantitative estimate of drug-likeness (QED) is 0.725. The normalized spacial score (nSPS) is 11.3. The molecular formula is C8H8F2O3S. The molecule has 1 aromatic carbocycles. The van der Waals surface area contributed by atoms with Crippen LogP contribution in [0.15, 0.2) is 24.3 Å². The number of hydrogen-bond donors (Lipinski definition) is 0. The Labute approximate surface area is 80.5 Å². The fourth-order valence-corrected chi connectivity index (χ4v) is 1.10. The maximum atomic E-state index is 12.8. The molecule has 0 heterocycles. The van der Waals surface area contributed by atoms with Crippen molar-refractivity contribution in [2.75, 3.05) is 12.4 Å². The molecule has 0 saturated carbocycles. The molecule has 0 atom stereocenters. The van der Waals surface area contributed by atoms with E-state index in [0.717, 1.165) is 0 Å². The monoisotopic (exact) mass is 222 g/mol. The summed E-state index contributed by atoms with van der Waals surface area (Å²) in [7, 11) is -4.55. The highest BCUT2D eigenvalue weighted by Gasteiger charge is 2.08. The fraction of sp³-hybridized carbons (Fsp3) is 0.250. The van der Waals surface area contributed by atoms with E-state index in [2.05, 4.69) is 0 Å². The summed E-state index contributed by atoms with van der Waals surface area (Å²) in [4.78, 5) is 0. The summed E-state index contributed by atoms with van der Waals surface area (Å²) in [6, 6.07) is 5.50. The fourth-order valence-electron chi connectivity index (χ4n) is 0.813. The molecule has 6 heteroatoms. The molecular weight excluding hydrogens is 214 g/mol. The van der Waals surface area contributed by atoms with Crippen LogP contribution in [0.3, 0.4) is 0 Å². The van der Waals surface area contributed by atoms with Crippen LogP contribution in [0.1, 0.15) is 0 Å². The van der Waals surface area contributed by atoms with Crippen molar-refractivity contribution >= 4 is 10.2 Å². The Balaban J connectivity index is 2.51. The standard InChI is InChI=1S/C8H8F2O3S/c9-7-3-1-2-4-8(7)13-5-6-14(10,11)12/h1-4H,5-6H2. The van der Waals surface area contributed by atoms with Gasteiger partial charge in [0.1, 0.15) is 12.4 Å². The minimum atomic E-state index is -4.55. The second-order valence-electron chi connectivity index (χ2n) is 2.52. The third kappa shape index (κ3) is 3.69. The summed E-state index contributed by atoms with van der Waals surface area (Å²) in [5.41, 5.74) is 0. The van der Waals surface area contributed by atoms with Crippen LogP contribution in [0.2, 0.25) is 0 Å². The Morgan fingerprint density at radius 1 is 1.29 bits per heavy atom. The first-order valence-electron chi connectivity index (χ1n) is 3.79. The molecule has 0 radical (unpaired) electrons. The minimum Gasteiger partial charge on any atom is -0.489 e. The molecule has 1 rings (SSSR count). The summed E-state index contributed by atoms with van der Waals surface area (Å²) in [5, 5.41) is 0. The third-order valence-corrected chi connectivity index (χ3v) is 2.08. The van der Waals surface area contributed by atoms with Crippen LogP contribution in [0.5, 0.6) is 5.75 Å². The molecule has 0 amide bonds. The summed E-state index contributed by atoms with van der Waals surface area (Å²) in [6.07, 6.45) is 0. The van der Waals surface area contributed by atoms with E-state index in [9.17, 15) is 16.7 Å². The second-order valence-corrected chi connectivity index (χ2v) is 4.01. The molecule has 14 heavy (non-hydrogen) atoms. The van der Waals surface area contributed by atoms with Gasteiger partial charge in [-0.25, -0.2) is 4.39 Å². The number of para-hydroxylation sites is 1. The van der Waals surface area contributed by atoms with Gasteiger partial charge in [-0.1, -0.05) is 12.1 Å². The minimum absolute atomic E-state index is 0.0869. The van der Waals surface area contributed by atoms with Crippen LogP contribution in [0.25, 0.3) is 0 Å².